The first-order chi connectivity index (χ1) is 8.13. The van der Waals surface area contributed by atoms with Crippen LogP contribution < -0.4 is 5.32 Å². The molecule has 4 nitrogen and oxygen atoms in total. The van der Waals surface area contributed by atoms with Crippen molar-refractivity contribution in [2.24, 2.45) is 0 Å². The molecule has 1 rings (SSSR count). The molecule has 0 heterocycles. The number of amides is 1. The summed E-state index contributed by atoms with van der Waals surface area (Å²) in [6, 6.07) is 8.85. The number of rotatable bonds is 6. The van der Waals surface area contributed by atoms with Gasteiger partial charge in [0.15, 0.2) is 5.78 Å². The minimum Gasteiger partial charge on any atom is -0.394 e. The molecule has 92 valence electrons. The number of benzene rings is 1. The second-order valence-corrected chi connectivity index (χ2v) is 3.89. The molecule has 0 saturated heterocycles. The summed E-state index contributed by atoms with van der Waals surface area (Å²) < 4.78 is 0. The van der Waals surface area contributed by atoms with Gasteiger partial charge in [0.25, 0.3) is 0 Å². The molecule has 1 unspecified atom stereocenters. The van der Waals surface area contributed by atoms with Crippen molar-refractivity contribution in [1.82, 2.24) is 5.32 Å². The summed E-state index contributed by atoms with van der Waals surface area (Å²) in [5, 5.41) is 11.4. The number of aliphatic hydroxyl groups is 1. The van der Waals surface area contributed by atoms with E-state index in [9.17, 15) is 9.59 Å². The Bertz CT molecular complexity index is 376. The zero-order valence-electron chi connectivity index (χ0n) is 9.85. The van der Waals surface area contributed by atoms with Crippen LogP contribution in [-0.2, 0) is 16.0 Å². The summed E-state index contributed by atoms with van der Waals surface area (Å²) >= 11 is 0. The van der Waals surface area contributed by atoms with Crippen LogP contribution in [0.3, 0.4) is 0 Å². The average Bonchev–Trinajstić information content (AvgIpc) is 2.34. The highest BCUT2D eigenvalue weighted by atomic mass is 16.3. The van der Waals surface area contributed by atoms with E-state index in [0.29, 0.717) is 12.8 Å². The van der Waals surface area contributed by atoms with Gasteiger partial charge in [-0.2, -0.15) is 0 Å². The quantitative estimate of drug-likeness (QED) is 0.762. The van der Waals surface area contributed by atoms with Crippen molar-refractivity contribution in [1.29, 1.82) is 0 Å². The Morgan fingerprint density at radius 2 is 1.94 bits per heavy atom. The van der Waals surface area contributed by atoms with Crippen LogP contribution in [0.15, 0.2) is 30.3 Å². The standard InChI is InChI=1S/C13H17NO3/c1-10(16)14-12(9-15)13(17)8-7-11-5-3-2-4-6-11/h2-6,12,15H,7-9H2,1H3,(H,14,16). The Labute approximate surface area is 101 Å². The molecule has 2 N–H and O–H groups in total. The normalized spacial score (nSPS) is 11.9. The van der Waals surface area contributed by atoms with Crippen molar-refractivity contribution < 1.29 is 14.7 Å². The molecule has 0 fully saturated rings. The molecule has 4 heteroatoms. The van der Waals surface area contributed by atoms with Gasteiger partial charge in [-0.3, -0.25) is 9.59 Å². The molecule has 17 heavy (non-hydrogen) atoms. The molecular formula is C13H17NO3. The predicted molar refractivity (Wildman–Crippen MR) is 64.5 cm³/mol. The number of hydrogen-bond donors (Lipinski definition) is 2. The Balaban J connectivity index is 2.45. The van der Waals surface area contributed by atoms with E-state index in [4.69, 9.17) is 5.11 Å². The van der Waals surface area contributed by atoms with Gasteiger partial charge in [-0.05, 0) is 12.0 Å². The van der Waals surface area contributed by atoms with Crippen LogP contribution in [0.25, 0.3) is 0 Å². The lowest BCUT2D eigenvalue weighted by Gasteiger charge is -2.13. The third-order valence-electron chi connectivity index (χ3n) is 2.45. The van der Waals surface area contributed by atoms with Crippen LogP contribution in [0.2, 0.25) is 0 Å². The van der Waals surface area contributed by atoms with Gasteiger partial charge < -0.3 is 10.4 Å². The average molecular weight is 235 g/mol. The largest absolute Gasteiger partial charge is 0.394 e. The number of Topliss-reactive ketones (excluding diaryl/α,β-unsaturated/α-hetero) is 1. The zero-order chi connectivity index (χ0) is 12.7. The molecule has 0 spiro atoms. The summed E-state index contributed by atoms with van der Waals surface area (Å²) in [7, 11) is 0. The summed E-state index contributed by atoms with van der Waals surface area (Å²) in [6.45, 7) is 0.973. The first kappa shape index (κ1) is 13.4. The fourth-order valence-electron chi connectivity index (χ4n) is 1.56. The predicted octanol–water partition coefficient (Wildman–Crippen LogP) is 0.685. The molecular weight excluding hydrogens is 218 g/mol. The molecule has 1 amide bonds. The maximum Gasteiger partial charge on any atom is 0.217 e. The van der Waals surface area contributed by atoms with Gasteiger partial charge in [0.2, 0.25) is 5.91 Å². The van der Waals surface area contributed by atoms with Crippen LogP contribution in [0.4, 0.5) is 0 Å². The maximum absolute atomic E-state index is 11.7. The molecule has 0 aliphatic carbocycles. The molecule has 0 radical (unpaired) electrons. The van der Waals surface area contributed by atoms with Gasteiger partial charge in [0, 0.05) is 13.3 Å². The number of carbonyl (C=O) groups excluding carboxylic acids is 2. The Hall–Kier alpha value is -1.68. The third-order valence-corrected chi connectivity index (χ3v) is 2.45. The van der Waals surface area contributed by atoms with E-state index in [1.54, 1.807) is 0 Å². The fraction of sp³-hybridized carbons (Fsp3) is 0.385. The Kier molecular flexibility index (Phi) is 5.36. The topological polar surface area (TPSA) is 66.4 Å². The molecule has 0 aliphatic rings. The van der Waals surface area contributed by atoms with E-state index in [2.05, 4.69) is 5.32 Å². The minimum absolute atomic E-state index is 0.147. The first-order valence-corrected chi connectivity index (χ1v) is 5.58. The van der Waals surface area contributed by atoms with Gasteiger partial charge in [-0.1, -0.05) is 30.3 Å². The summed E-state index contributed by atoms with van der Waals surface area (Å²) in [4.78, 5) is 22.5. The molecule has 1 aromatic rings. The number of nitrogens with one attached hydrogen (secondary N) is 1. The van der Waals surface area contributed by atoms with Gasteiger partial charge in [0.05, 0.1) is 6.61 Å². The van der Waals surface area contributed by atoms with E-state index in [0.717, 1.165) is 5.56 Å². The van der Waals surface area contributed by atoms with E-state index in [1.165, 1.54) is 6.92 Å². The van der Waals surface area contributed by atoms with Crippen molar-refractivity contribution in [3.05, 3.63) is 35.9 Å². The smallest absolute Gasteiger partial charge is 0.217 e. The van der Waals surface area contributed by atoms with Crippen molar-refractivity contribution in [2.75, 3.05) is 6.61 Å². The number of hydrogen-bond acceptors (Lipinski definition) is 3. The fourth-order valence-corrected chi connectivity index (χ4v) is 1.56. The van der Waals surface area contributed by atoms with Gasteiger partial charge in [-0.15, -0.1) is 0 Å². The van der Waals surface area contributed by atoms with Crippen LogP contribution >= 0.6 is 0 Å². The van der Waals surface area contributed by atoms with Gasteiger partial charge >= 0.3 is 0 Å². The molecule has 1 aromatic carbocycles. The van der Waals surface area contributed by atoms with Crippen LogP contribution in [0.1, 0.15) is 18.9 Å². The lowest BCUT2D eigenvalue weighted by Crippen LogP contribution is -2.42. The third kappa shape index (κ3) is 4.78. The summed E-state index contributed by atoms with van der Waals surface area (Å²) in [5.41, 5.74) is 1.07. The Morgan fingerprint density at radius 1 is 1.29 bits per heavy atom. The van der Waals surface area contributed by atoms with E-state index in [1.807, 2.05) is 30.3 Å². The zero-order valence-corrected chi connectivity index (χ0v) is 9.85. The lowest BCUT2D eigenvalue weighted by molar-refractivity contribution is -0.127. The van der Waals surface area contributed by atoms with Crippen molar-refractivity contribution in [2.45, 2.75) is 25.8 Å². The highest BCUT2D eigenvalue weighted by Crippen LogP contribution is 2.04. The van der Waals surface area contributed by atoms with Crippen molar-refractivity contribution in [3.63, 3.8) is 0 Å². The minimum atomic E-state index is -0.781. The molecule has 0 bridgehead atoms. The van der Waals surface area contributed by atoms with E-state index in [-0.39, 0.29) is 18.3 Å². The number of aliphatic hydroxyl groups excluding tert-OH is 1. The summed E-state index contributed by atoms with van der Waals surface area (Å²) in [5.74, 6) is -0.455. The molecule has 0 saturated carbocycles. The molecule has 0 aromatic heterocycles. The van der Waals surface area contributed by atoms with Gasteiger partial charge in [0.1, 0.15) is 6.04 Å². The van der Waals surface area contributed by atoms with Crippen LogP contribution in [0.5, 0.6) is 0 Å². The number of ketones is 1. The van der Waals surface area contributed by atoms with Crippen molar-refractivity contribution in [3.8, 4) is 0 Å². The SMILES string of the molecule is CC(=O)NC(CO)C(=O)CCc1ccccc1. The second-order valence-electron chi connectivity index (χ2n) is 3.89. The van der Waals surface area contributed by atoms with Crippen LogP contribution in [0, 0.1) is 0 Å². The Morgan fingerprint density at radius 3 is 2.47 bits per heavy atom. The highest BCUT2D eigenvalue weighted by Gasteiger charge is 2.17. The lowest BCUT2D eigenvalue weighted by atomic mass is 10.0. The molecule has 1 atom stereocenters. The van der Waals surface area contributed by atoms with E-state index >= 15 is 0 Å². The number of carbonyl (C=O) groups is 2. The monoisotopic (exact) mass is 235 g/mol. The van der Waals surface area contributed by atoms with Crippen LogP contribution in [-0.4, -0.2) is 29.4 Å². The maximum atomic E-state index is 11.7. The first-order valence-electron chi connectivity index (χ1n) is 5.58. The molecule has 0 aliphatic heterocycles. The van der Waals surface area contributed by atoms with Crippen molar-refractivity contribution >= 4 is 11.7 Å². The van der Waals surface area contributed by atoms with Gasteiger partial charge in [-0.25, -0.2) is 0 Å². The second kappa shape index (κ2) is 6.81. The number of aryl methyl sites for hydroxylation is 1. The highest BCUT2D eigenvalue weighted by molar-refractivity contribution is 5.88. The van der Waals surface area contributed by atoms with E-state index < -0.39 is 6.04 Å². The summed E-state index contributed by atoms with van der Waals surface area (Å²) in [6.07, 6.45) is 0.936.